The van der Waals surface area contributed by atoms with Crippen LogP contribution in [0.2, 0.25) is 0 Å². The largest absolute Gasteiger partial charge is 0.297 e. The van der Waals surface area contributed by atoms with Crippen molar-refractivity contribution in [2.24, 2.45) is 0 Å². The molecule has 0 radical (unpaired) electrons. The van der Waals surface area contributed by atoms with E-state index < -0.39 is 48.7 Å². The van der Waals surface area contributed by atoms with Crippen LogP contribution in [0.25, 0.3) is 0 Å². The summed E-state index contributed by atoms with van der Waals surface area (Å²) in [6.07, 6.45) is -1.70. The van der Waals surface area contributed by atoms with Crippen molar-refractivity contribution >= 4 is 30.4 Å². The highest BCUT2D eigenvalue weighted by molar-refractivity contribution is 7.87. The molecule has 45 heavy (non-hydrogen) atoms. The van der Waals surface area contributed by atoms with E-state index in [1.54, 1.807) is 36.4 Å². The van der Waals surface area contributed by atoms with Gasteiger partial charge < -0.3 is 0 Å². The Balaban J connectivity index is 1.23. The number of aryl methyl sites for hydroxylation is 3. The van der Waals surface area contributed by atoms with E-state index >= 15 is 0 Å². The van der Waals surface area contributed by atoms with E-state index in [1.165, 1.54) is 36.4 Å². The molecule has 0 amide bonds. The van der Waals surface area contributed by atoms with E-state index in [2.05, 4.69) is 0 Å². The molecule has 4 aromatic rings. The van der Waals surface area contributed by atoms with Crippen LogP contribution in [0.15, 0.2) is 87.5 Å². The molecule has 0 heterocycles. The molecule has 0 saturated heterocycles. The van der Waals surface area contributed by atoms with Crippen LogP contribution in [0, 0.1) is 20.8 Å². The third-order valence-electron chi connectivity index (χ3n) is 8.74. The van der Waals surface area contributed by atoms with Gasteiger partial charge in [0.05, 0.1) is 14.7 Å². The Kier molecular flexibility index (Phi) is 7.12. The Morgan fingerprint density at radius 2 is 0.644 bits per heavy atom. The number of benzene rings is 4. The lowest BCUT2D eigenvalue weighted by Crippen LogP contribution is -2.40. The van der Waals surface area contributed by atoms with E-state index in [-0.39, 0.29) is 33.9 Å². The van der Waals surface area contributed by atoms with E-state index in [0.717, 1.165) is 33.4 Å². The molecule has 0 unspecified atom stereocenters. The van der Waals surface area contributed by atoms with Gasteiger partial charge >= 0.3 is 0 Å². The van der Waals surface area contributed by atoms with Crippen LogP contribution >= 0.6 is 0 Å². The highest BCUT2D eigenvalue weighted by Crippen LogP contribution is 2.58. The Hall–Kier alpha value is -3.39. The van der Waals surface area contributed by atoms with Crippen molar-refractivity contribution in [3.63, 3.8) is 0 Å². The van der Waals surface area contributed by atoms with Gasteiger partial charge in [-0.2, -0.15) is 25.3 Å². The highest BCUT2D eigenvalue weighted by atomic mass is 32.2. The van der Waals surface area contributed by atoms with Crippen molar-refractivity contribution in [3.8, 4) is 0 Å². The van der Waals surface area contributed by atoms with Crippen LogP contribution in [0.3, 0.4) is 0 Å². The van der Waals surface area contributed by atoms with Crippen LogP contribution in [0.4, 0.5) is 0 Å². The molecule has 0 aliphatic heterocycles. The second-order valence-corrected chi connectivity index (χ2v) is 16.6. The second kappa shape index (κ2) is 10.6. The zero-order valence-corrected chi connectivity index (χ0v) is 27.1. The molecule has 7 rings (SSSR count). The highest BCUT2D eigenvalue weighted by Gasteiger charge is 2.51. The SMILES string of the molecule is Cc1ccc(S(=O)(=O)O[C@@H]2Cc3c2c2c(c4c3[C@H](OS(=O)(=O)c3ccc(C)cc3)C4)[C@H](OS(=O)(=O)c3ccc(C)cc3)C2)cc1. The van der Waals surface area contributed by atoms with E-state index in [0.29, 0.717) is 16.7 Å². The smallest absolute Gasteiger partial charge is 0.258 e. The molecule has 12 heteroatoms. The Morgan fingerprint density at radius 1 is 0.422 bits per heavy atom. The average molecular weight is 667 g/mol. The van der Waals surface area contributed by atoms with Crippen LogP contribution in [-0.4, -0.2) is 25.3 Å². The van der Waals surface area contributed by atoms with Gasteiger partial charge in [0.15, 0.2) is 0 Å². The predicted octanol–water partition coefficient (Wildman–Crippen LogP) is 5.62. The summed E-state index contributed by atoms with van der Waals surface area (Å²) in [5, 5.41) is 0. The van der Waals surface area contributed by atoms with Crippen LogP contribution < -0.4 is 0 Å². The Labute approximate surface area is 263 Å². The minimum Gasteiger partial charge on any atom is -0.258 e. The lowest BCUT2D eigenvalue weighted by atomic mass is 9.62. The maximum Gasteiger partial charge on any atom is 0.297 e. The predicted molar refractivity (Wildman–Crippen MR) is 164 cm³/mol. The van der Waals surface area contributed by atoms with Crippen molar-refractivity contribution in [1.82, 2.24) is 0 Å². The molecule has 3 aliphatic rings. The van der Waals surface area contributed by atoms with Gasteiger partial charge in [-0.1, -0.05) is 53.1 Å². The number of fused-ring (bicyclic) bond motifs is 6. The number of rotatable bonds is 9. The molecule has 3 atom stereocenters. The first-order chi connectivity index (χ1) is 21.2. The summed E-state index contributed by atoms with van der Waals surface area (Å²) in [5.74, 6) is 0. The van der Waals surface area contributed by atoms with E-state index in [4.69, 9.17) is 12.5 Å². The molecular weight excluding hydrogens is 637 g/mol. The Bertz CT molecular complexity index is 1900. The topological polar surface area (TPSA) is 130 Å². The van der Waals surface area contributed by atoms with Crippen LogP contribution in [0.5, 0.6) is 0 Å². The van der Waals surface area contributed by atoms with Crippen molar-refractivity contribution in [1.29, 1.82) is 0 Å². The van der Waals surface area contributed by atoms with Crippen LogP contribution in [0.1, 0.15) is 68.4 Å². The average Bonchev–Trinajstić information content (AvgIpc) is 2.95. The van der Waals surface area contributed by atoms with Gasteiger partial charge in [-0.15, -0.1) is 0 Å². The van der Waals surface area contributed by atoms with E-state index in [1.807, 2.05) is 20.8 Å². The normalized spacial score (nSPS) is 20.2. The maximum atomic E-state index is 13.2. The second-order valence-electron chi connectivity index (χ2n) is 11.8. The molecule has 0 bridgehead atoms. The summed E-state index contributed by atoms with van der Waals surface area (Å²) in [6, 6.07) is 19.0. The third-order valence-corrected chi connectivity index (χ3v) is 12.7. The van der Waals surface area contributed by atoms with Gasteiger partial charge in [-0.3, -0.25) is 12.5 Å². The molecule has 3 aliphatic carbocycles. The van der Waals surface area contributed by atoms with Gasteiger partial charge in [0.1, 0.15) is 18.3 Å². The standard InChI is InChI=1S/C33H30O9S3/c1-19-4-10-22(11-5-19)43(34,35)40-28-16-25-31(28)26-17-29(41-44(36,37)23-12-6-20(2)7-13-23)33(26)27-18-30(32(25)27)42-45(38,39)24-14-8-21(3)9-15-24/h4-15,28-30H,16-18H2,1-3H3/t28-,29-,30-/m1/s1. The lowest BCUT2D eigenvalue weighted by Gasteiger charge is -2.48. The van der Waals surface area contributed by atoms with Gasteiger partial charge in [-0.25, -0.2) is 0 Å². The van der Waals surface area contributed by atoms with Crippen molar-refractivity contribution in [3.05, 3.63) is 123 Å². The quantitative estimate of drug-likeness (QED) is 0.209. The molecular formula is C33H30O9S3. The summed E-state index contributed by atoms with van der Waals surface area (Å²) >= 11 is 0. The molecule has 0 fully saturated rings. The zero-order chi connectivity index (χ0) is 31.9. The fourth-order valence-corrected chi connectivity index (χ4v) is 9.41. The summed E-state index contributed by atoms with van der Waals surface area (Å²) in [5.41, 5.74) is 6.95. The monoisotopic (exact) mass is 666 g/mol. The summed E-state index contributed by atoms with van der Waals surface area (Å²) in [4.78, 5) is 0.0837. The minimum absolute atomic E-state index is 0.0279. The molecule has 0 aromatic heterocycles. The summed E-state index contributed by atoms with van der Waals surface area (Å²) in [7, 11) is -12.3. The van der Waals surface area contributed by atoms with E-state index in [9.17, 15) is 25.3 Å². The molecule has 0 N–H and O–H groups in total. The first kappa shape index (κ1) is 30.3. The lowest BCUT2D eigenvalue weighted by molar-refractivity contribution is 0.143. The Morgan fingerprint density at radius 3 is 0.867 bits per heavy atom. The third kappa shape index (κ3) is 5.23. The van der Waals surface area contributed by atoms with Gasteiger partial charge in [-0.05, 0) is 90.6 Å². The molecule has 9 nitrogen and oxygen atoms in total. The van der Waals surface area contributed by atoms with Crippen molar-refractivity contribution in [2.45, 2.75) is 73.0 Å². The van der Waals surface area contributed by atoms with Gasteiger partial charge in [0, 0.05) is 19.3 Å². The van der Waals surface area contributed by atoms with Crippen molar-refractivity contribution in [2.75, 3.05) is 0 Å². The molecule has 0 saturated carbocycles. The van der Waals surface area contributed by atoms with Crippen molar-refractivity contribution < 1.29 is 37.8 Å². The maximum absolute atomic E-state index is 13.2. The summed E-state index contributed by atoms with van der Waals surface area (Å²) in [6.45, 7) is 5.56. The fraction of sp³-hybridized carbons (Fsp3) is 0.273. The zero-order valence-electron chi connectivity index (χ0n) is 24.7. The molecule has 234 valence electrons. The molecule has 0 spiro atoms. The first-order valence-corrected chi connectivity index (χ1v) is 18.7. The molecule has 4 aromatic carbocycles. The number of hydrogen-bond donors (Lipinski definition) is 0. The van der Waals surface area contributed by atoms with Gasteiger partial charge in [0.2, 0.25) is 0 Å². The first-order valence-electron chi connectivity index (χ1n) is 14.4. The number of hydrogen-bond acceptors (Lipinski definition) is 9. The van der Waals surface area contributed by atoms with Gasteiger partial charge in [0.25, 0.3) is 30.4 Å². The fourth-order valence-electron chi connectivity index (χ4n) is 6.26. The van der Waals surface area contributed by atoms with Crippen LogP contribution in [-0.2, 0) is 62.2 Å². The summed E-state index contributed by atoms with van der Waals surface area (Å²) < 4.78 is 96.1. The minimum atomic E-state index is -4.11.